The molecule has 0 aliphatic carbocycles. The Morgan fingerprint density at radius 2 is 1.90 bits per heavy atom. The molecule has 0 spiro atoms. The molecule has 2 heterocycles. The molecule has 1 aromatic carbocycles. The van der Waals surface area contributed by atoms with Gasteiger partial charge in [0.25, 0.3) is 5.91 Å². The Morgan fingerprint density at radius 3 is 2.55 bits per heavy atom. The van der Waals surface area contributed by atoms with Crippen molar-refractivity contribution in [1.29, 1.82) is 5.26 Å². The second-order valence-electron chi connectivity index (χ2n) is 6.72. The second kappa shape index (κ2) is 9.82. The molecule has 1 amide bonds. The highest BCUT2D eigenvalue weighted by Crippen LogP contribution is 2.24. The fourth-order valence-corrected chi connectivity index (χ4v) is 2.99. The van der Waals surface area contributed by atoms with Gasteiger partial charge in [-0.3, -0.25) is 14.5 Å². The minimum Gasteiger partial charge on any atom is -0.457 e. The van der Waals surface area contributed by atoms with E-state index in [1.165, 1.54) is 13.0 Å². The summed E-state index contributed by atoms with van der Waals surface area (Å²) in [4.78, 5) is 25.9. The van der Waals surface area contributed by atoms with E-state index >= 15 is 0 Å². The van der Waals surface area contributed by atoms with E-state index in [0.717, 1.165) is 25.2 Å². The molecule has 1 aromatic heterocycles. The third-order valence-corrected chi connectivity index (χ3v) is 4.67. The number of hydrogen-bond donors (Lipinski definition) is 1. The smallest absolute Gasteiger partial charge is 0.262 e. The van der Waals surface area contributed by atoms with E-state index in [0.29, 0.717) is 36.8 Å². The molecule has 1 N–H and O–H groups in total. The highest BCUT2D eigenvalue weighted by molar-refractivity contribution is 6.01. The van der Waals surface area contributed by atoms with Gasteiger partial charge in [-0.25, -0.2) is 0 Å². The maximum atomic E-state index is 12.3. The normalized spacial score (nSPS) is 15.0. The molecule has 0 saturated carbocycles. The van der Waals surface area contributed by atoms with Gasteiger partial charge in [-0.2, -0.15) is 5.26 Å². The van der Waals surface area contributed by atoms with Gasteiger partial charge in [-0.05, 0) is 19.1 Å². The number of Topliss-reactive ketones (excluding diaryl/α,β-unsaturated/α-hetero) is 1. The third-order valence-electron chi connectivity index (χ3n) is 4.67. The molecule has 1 fully saturated rings. The first-order chi connectivity index (χ1) is 14.1. The van der Waals surface area contributed by atoms with E-state index in [-0.39, 0.29) is 11.4 Å². The molecule has 7 nitrogen and oxygen atoms in total. The summed E-state index contributed by atoms with van der Waals surface area (Å²) in [6.07, 6.45) is 1.43. The van der Waals surface area contributed by atoms with Crippen LogP contribution < -0.4 is 5.32 Å². The number of morpholine rings is 1. The van der Waals surface area contributed by atoms with Gasteiger partial charge in [0.2, 0.25) is 0 Å². The van der Waals surface area contributed by atoms with Crippen LogP contribution >= 0.6 is 0 Å². The molecule has 29 heavy (non-hydrogen) atoms. The summed E-state index contributed by atoms with van der Waals surface area (Å²) in [6.45, 7) is 5.79. The number of nitrogens with zero attached hydrogens (tertiary/aromatic N) is 2. The van der Waals surface area contributed by atoms with Crippen LogP contribution in [-0.2, 0) is 9.53 Å². The van der Waals surface area contributed by atoms with Crippen LogP contribution in [0.25, 0.3) is 17.4 Å². The largest absolute Gasteiger partial charge is 0.457 e. The average molecular weight is 393 g/mol. The van der Waals surface area contributed by atoms with Crippen molar-refractivity contribution in [2.24, 2.45) is 0 Å². The zero-order valence-electron chi connectivity index (χ0n) is 16.3. The van der Waals surface area contributed by atoms with Crippen LogP contribution in [0.4, 0.5) is 0 Å². The van der Waals surface area contributed by atoms with Crippen LogP contribution in [0.3, 0.4) is 0 Å². The number of ether oxygens (including phenoxy) is 1. The van der Waals surface area contributed by atoms with E-state index in [4.69, 9.17) is 9.15 Å². The van der Waals surface area contributed by atoms with Crippen molar-refractivity contribution in [2.75, 3.05) is 39.4 Å². The van der Waals surface area contributed by atoms with Crippen molar-refractivity contribution in [3.63, 3.8) is 0 Å². The van der Waals surface area contributed by atoms with Gasteiger partial charge < -0.3 is 14.5 Å². The van der Waals surface area contributed by atoms with Crippen LogP contribution in [0.2, 0.25) is 0 Å². The summed E-state index contributed by atoms with van der Waals surface area (Å²) < 4.78 is 11.0. The molecular weight excluding hydrogens is 370 g/mol. The predicted molar refractivity (Wildman–Crippen MR) is 108 cm³/mol. The van der Waals surface area contributed by atoms with E-state index in [2.05, 4.69) is 10.2 Å². The lowest BCUT2D eigenvalue weighted by Gasteiger charge is -2.26. The van der Waals surface area contributed by atoms with Crippen LogP contribution in [0.1, 0.15) is 23.0 Å². The van der Waals surface area contributed by atoms with Crippen LogP contribution in [0, 0.1) is 11.3 Å². The van der Waals surface area contributed by atoms with E-state index < -0.39 is 5.91 Å². The summed E-state index contributed by atoms with van der Waals surface area (Å²) in [5, 5.41) is 12.1. The van der Waals surface area contributed by atoms with Gasteiger partial charge in [-0.1, -0.05) is 24.3 Å². The molecule has 0 radical (unpaired) electrons. The van der Waals surface area contributed by atoms with Crippen molar-refractivity contribution in [1.82, 2.24) is 10.2 Å². The number of rotatable bonds is 7. The molecule has 150 valence electrons. The number of carbonyl (C=O) groups is 2. The van der Waals surface area contributed by atoms with Crippen molar-refractivity contribution in [2.45, 2.75) is 6.92 Å². The van der Waals surface area contributed by atoms with Crippen LogP contribution in [-0.4, -0.2) is 56.0 Å². The minimum absolute atomic E-state index is 0.00193. The van der Waals surface area contributed by atoms with Gasteiger partial charge in [0.05, 0.1) is 13.2 Å². The summed E-state index contributed by atoms with van der Waals surface area (Å²) in [7, 11) is 0. The highest BCUT2D eigenvalue weighted by Gasteiger charge is 2.13. The van der Waals surface area contributed by atoms with Gasteiger partial charge in [0.15, 0.2) is 5.78 Å². The number of furan rings is 1. The van der Waals surface area contributed by atoms with E-state index in [9.17, 15) is 14.9 Å². The molecule has 7 heteroatoms. The van der Waals surface area contributed by atoms with Gasteiger partial charge in [-0.15, -0.1) is 0 Å². The van der Waals surface area contributed by atoms with Gasteiger partial charge >= 0.3 is 0 Å². The molecule has 0 bridgehead atoms. The number of nitrogens with one attached hydrogen (secondary N) is 1. The number of nitriles is 1. The Kier molecular flexibility index (Phi) is 6.95. The summed E-state index contributed by atoms with van der Waals surface area (Å²) in [5.41, 5.74) is 1.42. The molecule has 2 aromatic rings. The topological polar surface area (TPSA) is 95.6 Å². The summed E-state index contributed by atoms with van der Waals surface area (Å²) in [5.74, 6) is 0.578. The Hall–Kier alpha value is -3.21. The molecule has 3 rings (SSSR count). The Labute approximate surface area is 169 Å². The first-order valence-corrected chi connectivity index (χ1v) is 9.48. The van der Waals surface area contributed by atoms with Crippen molar-refractivity contribution < 1.29 is 18.7 Å². The maximum absolute atomic E-state index is 12.3. The number of hydrogen-bond acceptors (Lipinski definition) is 6. The van der Waals surface area contributed by atoms with Crippen LogP contribution in [0.5, 0.6) is 0 Å². The summed E-state index contributed by atoms with van der Waals surface area (Å²) >= 11 is 0. The first-order valence-electron chi connectivity index (χ1n) is 9.48. The SMILES string of the molecule is CC(=O)c1ccc(-c2ccc(C=C(C#N)C(=O)NCCN3CCOCC3)o2)cc1. The zero-order valence-corrected chi connectivity index (χ0v) is 16.3. The van der Waals surface area contributed by atoms with E-state index in [1.807, 2.05) is 6.07 Å². The van der Waals surface area contributed by atoms with E-state index in [1.54, 1.807) is 36.4 Å². The lowest BCUT2D eigenvalue weighted by atomic mass is 10.1. The standard InChI is InChI=1S/C22H23N3O4/c1-16(26)17-2-4-18(5-3-17)21-7-6-20(29-21)14-19(15-23)22(27)24-8-9-25-10-12-28-13-11-25/h2-7,14H,8-13H2,1H3,(H,24,27). The zero-order chi connectivity index (χ0) is 20.6. The summed E-state index contributed by atoms with van der Waals surface area (Å²) in [6, 6.07) is 12.5. The average Bonchev–Trinajstić information content (AvgIpc) is 3.21. The molecule has 0 atom stereocenters. The fourth-order valence-electron chi connectivity index (χ4n) is 2.99. The molecular formula is C22H23N3O4. The van der Waals surface area contributed by atoms with Gasteiger partial charge in [0, 0.05) is 43.4 Å². The third kappa shape index (κ3) is 5.64. The maximum Gasteiger partial charge on any atom is 0.262 e. The highest BCUT2D eigenvalue weighted by atomic mass is 16.5. The Bertz CT molecular complexity index is 932. The lowest BCUT2D eigenvalue weighted by Crippen LogP contribution is -2.41. The fraction of sp³-hybridized carbons (Fsp3) is 0.318. The number of carbonyl (C=O) groups excluding carboxylic acids is 2. The molecule has 1 saturated heterocycles. The first kappa shape index (κ1) is 20.5. The second-order valence-corrected chi connectivity index (χ2v) is 6.72. The van der Waals surface area contributed by atoms with Crippen LogP contribution in [0.15, 0.2) is 46.4 Å². The molecule has 0 unspecified atom stereocenters. The van der Waals surface area contributed by atoms with Gasteiger partial charge in [0.1, 0.15) is 23.2 Å². The molecule has 1 aliphatic heterocycles. The molecule has 1 aliphatic rings. The van der Waals surface area contributed by atoms with Crippen molar-refractivity contribution in [3.05, 3.63) is 53.3 Å². The number of benzene rings is 1. The monoisotopic (exact) mass is 393 g/mol. The van der Waals surface area contributed by atoms with Crippen molar-refractivity contribution in [3.8, 4) is 17.4 Å². The lowest BCUT2D eigenvalue weighted by molar-refractivity contribution is -0.117. The Balaban J connectivity index is 1.60. The quantitative estimate of drug-likeness (QED) is 0.441. The Morgan fingerprint density at radius 1 is 1.17 bits per heavy atom. The number of ketones is 1. The van der Waals surface area contributed by atoms with Crippen molar-refractivity contribution >= 4 is 17.8 Å². The predicted octanol–water partition coefficient (Wildman–Crippen LogP) is 2.50. The number of amides is 1. The minimum atomic E-state index is -0.426.